The maximum absolute atomic E-state index is 10.6. The Labute approximate surface area is 105 Å². The molecule has 2 rings (SSSR count). The van der Waals surface area contributed by atoms with Gasteiger partial charge in [0.05, 0.1) is 10.6 Å². The third-order valence-corrected chi connectivity index (χ3v) is 2.66. The molecule has 0 bridgehead atoms. The molecule has 1 heterocycles. The second-order valence-corrected chi connectivity index (χ2v) is 4.17. The first kappa shape index (κ1) is 11.9. The number of aromatic nitrogens is 1. The Morgan fingerprint density at radius 1 is 1.44 bits per heavy atom. The number of non-ortho nitro benzene ring substituents is 1. The fraction of sp³-hybridized carbons (Fsp3) is 0. The topological polar surface area (TPSA) is 127 Å². The largest absolute Gasteiger partial charge is 0.491 e. The molecule has 0 saturated heterocycles. The molecule has 0 spiro atoms. The van der Waals surface area contributed by atoms with Gasteiger partial charge in [0.2, 0.25) is 5.00 Å². The molecule has 9 heteroatoms. The first-order chi connectivity index (χ1) is 8.56. The van der Waals surface area contributed by atoms with Crippen LogP contribution in [0.2, 0.25) is 0 Å². The minimum Gasteiger partial charge on any atom is -0.491 e. The summed E-state index contributed by atoms with van der Waals surface area (Å²) >= 11 is 0.966. The standard InChI is InChI=1S/C9H7N5O3S/c10-9-11-7(15)8(18-9)13-12-5-2-1-3-6(4-5)14(16)17/h1-4,15H,(H2,10,11). The van der Waals surface area contributed by atoms with E-state index in [1.165, 1.54) is 18.2 Å². The van der Waals surface area contributed by atoms with E-state index in [-0.39, 0.29) is 21.7 Å². The van der Waals surface area contributed by atoms with Crippen molar-refractivity contribution in [2.75, 3.05) is 5.73 Å². The minimum absolute atomic E-state index is 0.0838. The summed E-state index contributed by atoms with van der Waals surface area (Å²) in [6, 6.07) is 5.66. The third-order valence-electron chi connectivity index (χ3n) is 1.91. The quantitative estimate of drug-likeness (QED) is 0.501. The number of hydrogen-bond donors (Lipinski definition) is 2. The zero-order chi connectivity index (χ0) is 13.1. The van der Waals surface area contributed by atoms with Gasteiger partial charge in [0.15, 0.2) is 5.13 Å². The summed E-state index contributed by atoms with van der Waals surface area (Å²) in [5.41, 5.74) is 5.59. The average Bonchev–Trinajstić information content (AvgIpc) is 2.65. The van der Waals surface area contributed by atoms with Gasteiger partial charge in [-0.25, -0.2) is 0 Å². The van der Waals surface area contributed by atoms with Gasteiger partial charge >= 0.3 is 0 Å². The van der Waals surface area contributed by atoms with E-state index in [1.807, 2.05) is 0 Å². The molecule has 1 aromatic heterocycles. The number of aromatic hydroxyl groups is 1. The molecule has 0 aliphatic heterocycles. The summed E-state index contributed by atoms with van der Waals surface area (Å²) in [6.45, 7) is 0. The van der Waals surface area contributed by atoms with Crippen molar-refractivity contribution < 1.29 is 10.0 Å². The summed E-state index contributed by atoms with van der Waals surface area (Å²) in [5, 5.41) is 27.7. The average molecular weight is 265 g/mol. The number of thiazole rings is 1. The van der Waals surface area contributed by atoms with Crippen molar-refractivity contribution >= 4 is 32.8 Å². The number of nitro benzene ring substituents is 1. The summed E-state index contributed by atoms with van der Waals surface area (Å²) in [4.78, 5) is 13.6. The highest BCUT2D eigenvalue weighted by molar-refractivity contribution is 7.19. The van der Waals surface area contributed by atoms with E-state index in [9.17, 15) is 15.2 Å². The van der Waals surface area contributed by atoms with Gasteiger partial charge in [0.1, 0.15) is 0 Å². The fourth-order valence-corrected chi connectivity index (χ4v) is 1.71. The maximum Gasteiger partial charge on any atom is 0.271 e. The normalized spacial score (nSPS) is 10.9. The fourth-order valence-electron chi connectivity index (χ4n) is 1.16. The molecule has 0 aliphatic rings. The Balaban J connectivity index is 2.26. The van der Waals surface area contributed by atoms with Crippen LogP contribution >= 0.6 is 11.3 Å². The van der Waals surface area contributed by atoms with E-state index in [4.69, 9.17) is 5.73 Å². The van der Waals surface area contributed by atoms with Crippen molar-refractivity contribution in [2.24, 2.45) is 10.2 Å². The predicted molar refractivity (Wildman–Crippen MR) is 65.5 cm³/mol. The highest BCUT2D eigenvalue weighted by Crippen LogP contribution is 2.35. The number of nitrogens with zero attached hydrogens (tertiary/aromatic N) is 4. The summed E-state index contributed by atoms with van der Waals surface area (Å²) < 4.78 is 0. The number of hydrogen-bond acceptors (Lipinski definition) is 8. The van der Waals surface area contributed by atoms with E-state index < -0.39 is 4.92 Å². The molecule has 2 aromatic rings. The monoisotopic (exact) mass is 265 g/mol. The van der Waals surface area contributed by atoms with Crippen LogP contribution in [0.3, 0.4) is 0 Å². The summed E-state index contributed by atoms with van der Waals surface area (Å²) in [7, 11) is 0. The first-order valence-electron chi connectivity index (χ1n) is 4.68. The van der Waals surface area contributed by atoms with Crippen LogP contribution in [-0.2, 0) is 0 Å². The number of rotatable bonds is 3. The van der Waals surface area contributed by atoms with Crippen LogP contribution in [0.25, 0.3) is 0 Å². The zero-order valence-corrected chi connectivity index (χ0v) is 9.66. The van der Waals surface area contributed by atoms with Gasteiger partial charge in [-0.05, 0) is 6.07 Å². The minimum atomic E-state index is -0.527. The van der Waals surface area contributed by atoms with Gasteiger partial charge < -0.3 is 10.8 Å². The molecular formula is C9H7N5O3S. The van der Waals surface area contributed by atoms with Crippen LogP contribution in [-0.4, -0.2) is 15.0 Å². The molecule has 0 saturated carbocycles. The second kappa shape index (κ2) is 4.75. The van der Waals surface area contributed by atoms with Gasteiger partial charge in [0.25, 0.3) is 11.6 Å². The molecule has 1 aromatic carbocycles. The molecule has 0 amide bonds. The first-order valence-corrected chi connectivity index (χ1v) is 5.49. The Hall–Kier alpha value is -2.55. The number of azo groups is 1. The second-order valence-electron chi connectivity index (χ2n) is 3.16. The van der Waals surface area contributed by atoms with Crippen molar-refractivity contribution in [2.45, 2.75) is 0 Å². The van der Waals surface area contributed by atoms with Gasteiger partial charge in [-0.1, -0.05) is 17.4 Å². The molecule has 0 aliphatic carbocycles. The molecule has 0 unspecified atom stereocenters. The van der Waals surface area contributed by atoms with Crippen molar-refractivity contribution in [3.05, 3.63) is 34.4 Å². The highest BCUT2D eigenvalue weighted by Gasteiger charge is 2.08. The van der Waals surface area contributed by atoms with Crippen molar-refractivity contribution in [1.29, 1.82) is 0 Å². The van der Waals surface area contributed by atoms with E-state index in [1.54, 1.807) is 6.07 Å². The lowest BCUT2D eigenvalue weighted by molar-refractivity contribution is -0.384. The summed E-state index contributed by atoms with van der Waals surface area (Å²) in [5.74, 6) is -0.313. The van der Waals surface area contributed by atoms with Crippen LogP contribution < -0.4 is 5.73 Å². The molecule has 18 heavy (non-hydrogen) atoms. The SMILES string of the molecule is Nc1nc(O)c(N=Nc2cccc([N+](=O)[O-])c2)s1. The smallest absolute Gasteiger partial charge is 0.271 e. The summed E-state index contributed by atoms with van der Waals surface area (Å²) in [6.07, 6.45) is 0. The van der Waals surface area contributed by atoms with Crippen LogP contribution in [0.15, 0.2) is 34.5 Å². The van der Waals surface area contributed by atoms with Gasteiger partial charge in [-0.15, -0.1) is 10.2 Å². The lowest BCUT2D eigenvalue weighted by atomic mass is 10.3. The van der Waals surface area contributed by atoms with E-state index in [2.05, 4.69) is 15.2 Å². The van der Waals surface area contributed by atoms with Crippen molar-refractivity contribution in [3.8, 4) is 5.88 Å². The van der Waals surface area contributed by atoms with Gasteiger partial charge in [-0.2, -0.15) is 4.98 Å². The van der Waals surface area contributed by atoms with Gasteiger partial charge in [0, 0.05) is 12.1 Å². The van der Waals surface area contributed by atoms with E-state index >= 15 is 0 Å². The lowest BCUT2D eigenvalue weighted by Gasteiger charge is -1.92. The molecule has 8 nitrogen and oxygen atoms in total. The Morgan fingerprint density at radius 2 is 2.22 bits per heavy atom. The van der Waals surface area contributed by atoms with Crippen LogP contribution in [0.5, 0.6) is 5.88 Å². The van der Waals surface area contributed by atoms with Crippen LogP contribution in [0, 0.1) is 10.1 Å². The molecule has 3 N–H and O–H groups in total. The molecule has 92 valence electrons. The van der Waals surface area contributed by atoms with Gasteiger partial charge in [-0.3, -0.25) is 10.1 Å². The van der Waals surface area contributed by atoms with E-state index in [0.29, 0.717) is 5.69 Å². The third kappa shape index (κ3) is 2.58. The molecule has 0 fully saturated rings. The Bertz CT molecular complexity index is 624. The molecule has 0 radical (unpaired) electrons. The van der Waals surface area contributed by atoms with Crippen molar-refractivity contribution in [3.63, 3.8) is 0 Å². The van der Waals surface area contributed by atoms with Crippen molar-refractivity contribution in [1.82, 2.24) is 4.98 Å². The zero-order valence-electron chi connectivity index (χ0n) is 8.85. The lowest BCUT2D eigenvalue weighted by Crippen LogP contribution is -1.85. The maximum atomic E-state index is 10.6. The number of anilines is 1. The molecular weight excluding hydrogens is 258 g/mol. The van der Waals surface area contributed by atoms with Crippen LogP contribution in [0.1, 0.15) is 0 Å². The number of nitrogens with two attached hydrogens (primary N) is 1. The Morgan fingerprint density at radius 3 is 2.83 bits per heavy atom. The number of nitro groups is 1. The number of benzene rings is 1. The highest BCUT2D eigenvalue weighted by atomic mass is 32.1. The predicted octanol–water partition coefficient (Wildman–Crippen LogP) is 2.75. The number of nitrogen functional groups attached to an aromatic ring is 1. The Kier molecular flexibility index (Phi) is 3.15. The van der Waals surface area contributed by atoms with Crippen LogP contribution in [0.4, 0.5) is 21.5 Å². The van der Waals surface area contributed by atoms with E-state index in [0.717, 1.165) is 11.3 Å². The molecule has 0 atom stereocenters.